The number of hydrogen-bond acceptors (Lipinski definition) is 11. The predicted molar refractivity (Wildman–Crippen MR) is 149 cm³/mol. The van der Waals surface area contributed by atoms with E-state index in [1.165, 1.54) is 66.0 Å². The summed E-state index contributed by atoms with van der Waals surface area (Å²) in [5.41, 5.74) is 12.8. The number of amides is 2. The first kappa shape index (κ1) is 27.1. The summed E-state index contributed by atoms with van der Waals surface area (Å²) in [5.74, 6) is -1.35. The lowest BCUT2D eigenvalue weighted by molar-refractivity contribution is -0.119. The Bertz CT molecular complexity index is 1740. The third-order valence-electron chi connectivity index (χ3n) is 5.95. The monoisotopic (exact) mass is 575 g/mol. The number of fused-ring (bicyclic) bond motifs is 1. The fourth-order valence-electron chi connectivity index (χ4n) is 3.83. The fourth-order valence-corrected chi connectivity index (χ4v) is 4.88. The van der Waals surface area contributed by atoms with Crippen molar-refractivity contribution in [1.29, 1.82) is 0 Å². The van der Waals surface area contributed by atoms with Crippen molar-refractivity contribution in [1.82, 2.24) is 25.1 Å². The largest absolute Gasteiger partial charge is 0.484 e. The van der Waals surface area contributed by atoms with Crippen LogP contribution < -0.4 is 26.4 Å². The van der Waals surface area contributed by atoms with Crippen LogP contribution in [0.1, 0.15) is 22.2 Å². The number of aromatic amines is 1. The molecule has 5 rings (SSSR count). The van der Waals surface area contributed by atoms with Crippen molar-refractivity contribution in [2.24, 2.45) is 5.73 Å². The standard InChI is InChI=1S/C26H22FN9O4S/c1-13(23(29)39)36(16-6-4-15(27)5-7-16)26-34-22(28)21(41-26)20(38)14-2-8-17(9-3-14)40-11-19(37)33-24-18-10-32-35-25(18)31-12-30-24/h2-10,12-13H,11,28H2,1H3,(H2,29,39)(H2,30,31,32,33,35,37)/t13-/m1/s1. The van der Waals surface area contributed by atoms with Crippen molar-refractivity contribution in [3.63, 3.8) is 0 Å². The second-order valence-corrected chi connectivity index (χ2v) is 9.66. The molecular weight excluding hydrogens is 553 g/mol. The Balaban J connectivity index is 1.27. The van der Waals surface area contributed by atoms with Crippen molar-refractivity contribution in [2.45, 2.75) is 13.0 Å². The summed E-state index contributed by atoms with van der Waals surface area (Å²) < 4.78 is 19.0. The molecule has 0 saturated carbocycles. The Morgan fingerprint density at radius 2 is 1.85 bits per heavy atom. The molecule has 3 heterocycles. The minimum Gasteiger partial charge on any atom is -0.484 e. The van der Waals surface area contributed by atoms with Crippen LogP contribution in [0, 0.1) is 5.82 Å². The Labute approximate surface area is 235 Å². The number of nitrogens with two attached hydrogens (primary N) is 2. The van der Waals surface area contributed by atoms with Crippen LogP contribution in [0.25, 0.3) is 11.0 Å². The molecule has 0 unspecified atom stereocenters. The van der Waals surface area contributed by atoms with Crippen LogP contribution in [0.4, 0.5) is 26.8 Å². The highest BCUT2D eigenvalue weighted by molar-refractivity contribution is 7.18. The van der Waals surface area contributed by atoms with E-state index in [4.69, 9.17) is 16.2 Å². The van der Waals surface area contributed by atoms with Gasteiger partial charge in [0.05, 0.1) is 11.6 Å². The average Bonchev–Trinajstić information content (AvgIpc) is 3.60. The van der Waals surface area contributed by atoms with Gasteiger partial charge in [0, 0.05) is 11.3 Å². The Morgan fingerprint density at radius 1 is 1.12 bits per heavy atom. The van der Waals surface area contributed by atoms with E-state index in [9.17, 15) is 18.8 Å². The molecule has 1 atom stereocenters. The van der Waals surface area contributed by atoms with Crippen molar-refractivity contribution >= 4 is 62.4 Å². The number of thiazole rings is 1. The maximum Gasteiger partial charge on any atom is 0.263 e. The molecule has 0 fully saturated rings. The number of nitrogens with one attached hydrogen (secondary N) is 2. The molecule has 5 aromatic rings. The molecule has 6 N–H and O–H groups in total. The fraction of sp³-hybridized carbons (Fsp3) is 0.115. The molecule has 2 amide bonds. The van der Waals surface area contributed by atoms with Crippen LogP contribution >= 0.6 is 11.3 Å². The third kappa shape index (κ3) is 5.79. The molecule has 0 saturated heterocycles. The van der Waals surface area contributed by atoms with E-state index in [2.05, 4.69) is 30.5 Å². The van der Waals surface area contributed by atoms with E-state index < -0.39 is 29.5 Å². The van der Waals surface area contributed by atoms with Crippen molar-refractivity contribution in [2.75, 3.05) is 22.6 Å². The zero-order valence-corrected chi connectivity index (χ0v) is 22.2. The highest BCUT2D eigenvalue weighted by atomic mass is 32.1. The van der Waals surface area contributed by atoms with Gasteiger partial charge in [-0.3, -0.25) is 19.5 Å². The summed E-state index contributed by atoms with van der Waals surface area (Å²) in [5, 5.41) is 10.00. The van der Waals surface area contributed by atoms with Crippen molar-refractivity contribution in [3.05, 3.63) is 77.3 Å². The quantitative estimate of drug-likeness (QED) is 0.180. The maximum absolute atomic E-state index is 13.5. The highest BCUT2D eigenvalue weighted by Crippen LogP contribution is 2.36. The number of nitrogen functional groups attached to an aromatic ring is 1. The van der Waals surface area contributed by atoms with Gasteiger partial charge in [0.25, 0.3) is 5.91 Å². The second-order valence-electron chi connectivity index (χ2n) is 8.68. The Kier molecular flexibility index (Phi) is 7.51. The van der Waals surface area contributed by atoms with Gasteiger partial charge in [-0.2, -0.15) is 5.10 Å². The number of primary amides is 1. The summed E-state index contributed by atoms with van der Waals surface area (Å²) in [6.07, 6.45) is 2.79. The highest BCUT2D eigenvalue weighted by Gasteiger charge is 2.27. The lowest BCUT2D eigenvalue weighted by Crippen LogP contribution is -2.39. The predicted octanol–water partition coefficient (Wildman–Crippen LogP) is 2.79. The second kappa shape index (κ2) is 11.4. The topological polar surface area (TPSA) is 195 Å². The molecule has 15 heteroatoms. The molecule has 0 bridgehead atoms. The van der Waals surface area contributed by atoms with Crippen molar-refractivity contribution < 1.29 is 23.5 Å². The van der Waals surface area contributed by atoms with Crippen LogP contribution in [-0.4, -0.2) is 55.4 Å². The zero-order chi connectivity index (χ0) is 29.1. The Morgan fingerprint density at radius 3 is 2.56 bits per heavy atom. The number of ketones is 1. The van der Waals surface area contributed by atoms with Crippen LogP contribution in [0.3, 0.4) is 0 Å². The first-order chi connectivity index (χ1) is 19.7. The number of hydrogen-bond donors (Lipinski definition) is 4. The molecule has 0 aliphatic carbocycles. The maximum atomic E-state index is 13.5. The number of anilines is 4. The molecule has 0 radical (unpaired) electrons. The smallest absolute Gasteiger partial charge is 0.263 e. The van der Waals surface area contributed by atoms with Gasteiger partial charge in [0.1, 0.15) is 40.4 Å². The van der Waals surface area contributed by atoms with Gasteiger partial charge in [-0.15, -0.1) is 0 Å². The van der Waals surface area contributed by atoms with E-state index in [0.717, 1.165) is 11.3 Å². The number of aromatic nitrogens is 5. The number of halogens is 1. The lowest BCUT2D eigenvalue weighted by Gasteiger charge is -2.26. The summed E-state index contributed by atoms with van der Waals surface area (Å²) >= 11 is 0.973. The molecule has 0 aliphatic rings. The molecule has 41 heavy (non-hydrogen) atoms. The lowest BCUT2D eigenvalue weighted by atomic mass is 10.1. The van der Waals surface area contributed by atoms with Gasteiger partial charge in [-0.1, -0.05) is 11.3 Å². The van der Waals surface area contributed by atoms with E-state index in [-0.39, 0.29) is 22.4 Å². The first-order valence-corrected chi connectivity index (χ1v) is 12.8. The summed E-state index contributed by atoms with van der Waals surface area (Å²) in [7, 11) is 0. The number of nitrogens with zero attached hydrogens (tertiary/aromatic N) is 5. The SMILES string of the molecule is C[C@H](C(N)=O)N(c1ccc(F)cc1)c1nc(N)c(C(=O)c2ccc(OCC(=O)Nc3ncnc4[nH]ncc34)cc2)s1. The van der Waals surface area contributed by atoms with Gasteiger partial charge in [0.2, 0.25) is 11.7 Å². The molecule has 208 valence electrons. The first-order valence-electron chi connectivity index (χ1n) is 12.0. The zero-order valence-electron chi connectivity index (χ0n) is 21.4. The summed E-state index contributed by atoms with van der Waals surface area (Å²) in [6, 6.07) is 10.7. The van der Waals surface area contributed by atoms with Crippen LogP contribution in [0.2, 0.25) is 0 Å². The van der Waals surface area contributed by atoms with E-state index >= 15 is 0 Å². The average molecular weight is 576 g/mol. The summed E-state index contributed by atoms with van der Waals surface area (Å²) in [6.45, 7) is 1.26. The minimum atomic E-state index is -0.859. The normalized spacial score (nSPS) is 11.7. The minimum absolute atomic E-state index is 0.0350. The number of carbonyl (C=O) groups excluding carboxylic acids is 3. The van der Waals surface area contributed by atoms with Gasteiger partial charge in [-0.05, 0) is 55.5 Å². The van der Waals surface area contributed by atoms with E-state index in [0.29, 0.717) is 33.9 Å². The van der Waals surface area contributed by atoms with Crippen LogP contribution in [-0.2, 0) is 9.59 Å². The molecule has 3 aromatic heterocycles. The molecule has 0 aliphatic heterocycles. The number of benzene rings is 2. The van der Waals surface area contributed by atoms with E-state index in [1.54, 1.807) is 6.92 Å². The Hall–Kier alpha value is -5.44. The van der Waals surface area contributed by atoms with Crippen molar-refractivity contribution in [3.8, 4) is 5.75 Å². The van der Waals surface area contributed by atoms with Crippen LogP contribution in [0.15, 0.2) is 61.1 Å². The summed E-state index contributed by atoms with van der Waals surface area (Å²) in [4.78, 5) is 51.6. The van der Waals surface area contributed by atoms with Gasteiger partial charge < -0.3 is 26.4 Å². The molecule has 2 aromatic carbocycles. The van der Waals surface area contributed by atoms with Gasteiger partial charge in [-0.25, -0.2) is 19.3 Å². The van der Waals surface area contributed by atoms with E-state index in [1.807, 2.05) is 0 Å². The van der Waals surface area contributed by atoms with Gasteiger partial charge >= 0.3 is 0 Å². The number of ether oxygens (including phenoxy) is 1. The molecular formula is C26H22FN9O4S. The third-order valence-corrected chi connectivity index (χ3v) is 7.02. The number of carbonyl (C=O) groups is 3. The molecule has 13 nitrogen and oxygen atoms in total. The number of rotatable bonds is 10. The van der Waals surface area contributed by atoms with Crippen LogP contribution in [0.5, 0.6) is 5.75 Å². The number of H-pyrrole nitrogens is 1. The molecule has 0 spiro atoms. The van der Waals surface area contributed by atoms with Gasteiger partial charge in [0.15, 0.2) is 17.4 Å².